The number of nitrogens with one attached hydrogen (secondary N) is 1. The summed E-state index contributed by atoms with van der Waals surface area (Å²) in [7, 11) is 0. The van der Waals surface area contributed by atoms with Gasteiger partial charge in [-0.1, -0.05) is 19.3 Å². The smallest absolute Gasteiger partial charge is 0.405 e. The van der Waals surface area contributed by atoms with E-state index in [1.807, 2.05) is 0 Å². The molecule has 1 aromatic rings. The van der Waals surface area contributed by atoms with E-state index >= 15 is 0 Å². The van der Waals surface area contributed by atoms with Gasteiger partial charge in [0.15, 0.2) is 12.8 Å². The Bertz CT molecular complexity index is 484. The van der Waals surface area contributed by atoms with E-state index in [9.17, 15) is 14.8 Å². The van der Waals surface area contributed by atoms with E-state index in [-0.39, 0.29) is 24.2 Å². The highest BCUT2D eigenvalue weighted by Crippen LogP contribution is 2.17. The number of rotatable bonds is 4. The average molecular weight is 278 g/mol. The van der Waals surface area contributed by atoms with Crippen LogP contribution in [0.5, 0.6) is 0 Å². The standard InChI is InChI=1S/C14H18N2O4/c17-13(15-11-6-2-1-3-7-11)10-20-14(18)12-8-4-5-9-16(12)19/h4-5,8-9,11H,1-3,6-7,10H2,(H,15,17). The Morgan fingerprint density at radius 1 is 1.30 bits per heavy atom. The third kappa shape index (κ3) is 3.94. The summed E-state index contributed by atoms with van der Waals surface area (Å²) >= 11 is 0. The highest BCUT2D eigenvalue weighted by Gasteiger charge is 2.20. The molecule has 0 aliphatic heterocycles. The van der Waals surface area contributed by atoms with Crippen LogP contribution in [-0.2, 0) is 9.53 Å². The summed E-state index contributed by atoms with van der Waals surface area (Å²) < 4.78 is 5.26. The van der Waals surface area contributed by atoms with Crippen LogP contribution < -0.4 is 10.0 Å². The molecule has 1 amide bonds. The van der Waals surface area contributed by atoms with Crippen LogP contribution in [0.4, 0.5) is 0 Å². The Balaban J connectivity index is 1.78. The van der Waals surface area contributed by atoms with Gasteiger partial charge in [-0.2, -0.15) is 4.73 Å². The van der Waals surface area contributed by atoms with Gasteiger partial charge in [-0.05, 0) is 18.9 Å². The van der Waals surface area contributed by atoms with Crippen molar-refractivity contribution in [3.63, 3.8) is 0 Å². The van der Waals surface area contributed by atoms with Crippen LogP contribution in [0.2, 0.25) is 0 Å². The normalized spacial score (nSPS) is 15.6. The van der Waals surface area contributed by atoms with E-state index in [4.69, 9.17) is 4.74 Å². The third-order valence-corrected chi connectivity index (χ3v) is 3.34. The number of esters is 1. The van der Waals surface area contributed by atoms with Gasteiger partial charge in [-0.3, -0.25) is 4.79 Å². The van der Waals surface area contributed by atoms with Gasteiger partial charge < -0.3 is 15.3 Å². The fraction of sp³-hybridized carbons (Fsp3) is 0.500. The third-order valence-electron chi connectivity index (χ3n) is 3.34. The topological polar surface area (TPSA) is 82.3 Å². The lowest BCUT2D eigenvalue weighted by molar-refractivity contribution is -0.608. The number of ether oxygens (including phenoxy) is 1. The molecule has 6 nitrogen and oxygen atoms in total. The molecule has 0 spiro atoms. The largest absolute Gasteiger partial charge is 0.618 e. The predicted octanol–water partition coefficient (Wildman–Crippen LogP) is 0.926. The number of hydrogen-bond acceptors (Lipinski definition) is 4. The molecular formula is C14H18N2O4. The van der Waals surface area contributed by atoms with Crippen molar-refractivity contribution in [3.8, 4) is 0 Å². The Morgan fingerprint density at radius 2 is 2.05 bits per heavy atom. The van der Waals surface area contributed by atoms with Gasteiger partial charge in [0.2, 0.25) is 0 Å². The summed E-state index contributed by atoms with van der Waals surface area (Å²) in [6.45, 7) is -0.357. The summed E-state index contributed by atoms with van der Waals surface area (Å²) in [5.41, 5.74) is -0.127. The molecule has 1 aliphatic carbocycles. The number of aromatic nitrogens is 1. The maximum Gasteiger partial charge on any atom is 0.405 e. The molecule has 0 unspecified atom stereocenters. The minimum atomic E-state index is -0.792. The molecule has 0 radical (unpaired) electrons. The van der Waals surface area contributed by atoms with Crippen LogP contribution in [0.15, 0.2) is 24.4 Å². The van der Waals surface area contributed by atoms with Gasteiger partial charge in [-0.15, -0.1) is 0 Å². The van der Waals surface area contributed by atoms with Gasteiger partial charge in [0.1, 0.15) is 0 Å². The van der Waals surface area contributed by atoms with Crippen LogP contribution in [0.1, 0.15) is 42.6 Å². The maximum absolute atomic E-state index is 11.7. The van der Waals surface area contributed by atoms with E-state index in [0.717, 1.165) is 25.7 Å². The van der Waals surface area contributed by atoms with Crippen molar-refractivity contribution >= 4 is 11.9 Å². The zero-order valence-electron chi connectivity index (χ0n) is 11.2. The first-order valence-electron chi connectivity index (χ1n) is 6.81. The van der Waals surface area contributed by atoms with E-state index in [1.54, 1.807) is 6.07 Å². The summed E-state index contributed by atoms with van der Waals surface area (Å²) in [5, 5.41) is 14.2. The van der Waals surface area contributed by atoms with Crippen LogP contribution >= 0.6 is 0 Å². The Morgan fingerprint density at radius 3 is 2.75 bits per heavy atom. The zero-order valence-corrected chi connectivity index (χ0v) is 11.2. The van der Waals surface area contributed by atoms with Crippen molar-refractivity contribution in [2.75, 3.05) is 6.61 Å². The molecule has 6 heteroatoms. The van der Waals surface area contributed by atoms with Gasteiger partial charge in [0, 0.05) is 18.2 Å². The Kier molecular flexibility index (Phi) is 4.92. The van der Waals surface area contributed by atoms with Crippen molar-refractivity contribution in [1.82, 2.24) is 5.32 Å². The van der Waals surface area contributed by atoms with E-state index < -0.39 is 5.97 Å². The second-order valence-electron chi connectivity index (χ2n) is 4.89. The maximum atomic E-state index is 11.7. The van der Waals surface area contributed by atoms with Crippen molar-refractivity contribution < 1.29 is 19.1 Å². The Hall–Kier alpha value is -2.11. The SMILES string of the molecule is O=C(COC(=O)c1cccc[n+]1[O-])NC1CCCCC1. The quantitative estimate of drug-likeness (QED) is 0.504. The average Bonchev–Trinajstić information content (AvgIpc) is 2.46. The highest BCUT2D eigenvalue weighted by molar-refractivity contribution is 5.88. The van der Waals surface area contributed by atoms with E-state index in [1.165, 1.54) is 24.8 Å². The monoisotopic (exact) mass is 278 g/mol. The molecule has 20 heavy (non-hydrogen) atoms. The van der Waals surface area contributed by atoms with Crippen molar-refractivity contribution in [2.24, 2.45) is 0 Å². The summed E-state index contributed by atoms with van der Waals surface area (Å²) in [6, 6.07) is 4.61. The molecular weight excluding hydrogens is 260 g/mol. The molecule has 108 valence electrons. The van der Waals surface area contributed by atoms with Crippen molar-refractivity contribution in [2.45, 2.75) is 38.1 Å². The zero-order chi connectivity index (χ0) is 14.4. The lowest BCUT2D eigenvalue weighted by atomic mass is 9.95. The van der Waals surface area contributed by atoms with E-state index in [2.05, 4.69) is 5.32 Å². The molecule has 0 atom stereocenters. The fourth-order valence-corrected chi connectivity index (χ4v) is 2.31. The van der Waals surface area contributed by atoms with E-state index in [0.29, 0.717) is 4.73 Å². The number of carbonyl (C=O) groups excluding carboxylic acids is 2. The molecule has 2 rings (SSSR count). The first-order chi connectivity index (χ1) is 9.66. The van der Waals surface area contributed by atoms with Gasteiger partial charge in [0.25, 0.3) is 5.91 Å². The predicted molar refractivity (Wildman–Crippen MR) is 70.7 cm³/mol. The minimum Gasteiger partial charge on any atom is -0.618 e. The first-order valence-corrected chi connectivity index (χ1v) is 6.81. The second-order valence-corrected chi connectivity index (χ2v) is 4.89. The number of pyridine rings is 1. The van der Waals surface area contributed by atoms with Crippen LogP contribution in [0.25, 0.3) is 0 Å². The second kappa shape index (κ2) is 6.88. The number of nitrogens with zero attached hydrogens (tertiary/aromatic N) is 1. The summed E-state index contributed by atoms with van der Waals surface area (Å²) in [5.74, 6) is -1.11. The van der Waals surface area contributed by atoms with Crippen LogP contribution in [0, 0.1) is 5.21 Å². The van der Waals surface area contributed by atoms with Gasteiger partial charge >= 0.3 is 11.7 Å². The van der Waals surface area contributed by atoms with Gasteiger partial charge in [0.05, 0.1) is 0 Å². The number of carbonyl (C=O) groups is 2. The van der Waals surface area contributed by atoms with Gasteiger partial charge in [-0.25, -0.2) is 4.79 Å². The summed E-state index contributed by atoms with van der Waals surface area (Å²) in [4.78, 5) is 23.3. The summed E-state index contributed by atoms with van der Waals surface area (Å²) in [6.07, 6.45) is 6.59. The lowest BCUT2D eigenvalue weighted by Crippen LogP contribution is -2.40. The molecule has 0 bridgehead atoms. The molecule has 1 aliphatic rings. The van der Waals surface area contributed by atoms with Crippen molar-refractivity contribution in [1.29, 1.82) is 0 Å². The molecule has 1 saturated carbocycles. The molecule has 1 aromatic heterocycles. The Labute approximate surface area is 117 Å². The molecule has 1 fully saturated rings. The lowest BCUT2D eigenvalue weighted by Gasteiger charge is -2.22. The number of amides is 1. The van der Waals surface area contributed by atoms with Crippen LogP contribution in [-0.4, -0.2) is 24.5 Å². The molecule has 1 heterocycles. The minimum absolute atomic E-state index is 0.127. The molecule has 0 aromatic carbocycles. The highest BCUT2D eigenvalue weighted by atomic mass is 16.5. The van der Waals surface area contributed by atoms with Crippen LogP contribution in [0.3, 0.4) is 0 Å². The number of hydrogen-bond donors (Lipinski definition) is 1. The van der Waals surface area contributed by atoms with Crippen molar-refractivity contribution in [3.05, 3.63) is 35.3 Å². The molecule has 0 saturated heterocycles. The fourth-order valence-electron chi connectivity index (χ4n) is 2.31. The first kappa shape index (κ1) is 14.3. The molecule has 1 N–H and O–H groups in total.